The predicted octanol–water partition coefficient (Wildman–Crippen LogP) is 13.3. The number of nitrogens with one attached hydrogen (secondary N) is 2. The molecular formula is C65H75I4N8O12V. The Morgan fingerprint density at radius 3 is 1.50 bits per heavy atom. The van der Waals surface area contributed by atoms with Crippen LogP contribution in [0, 0.1) is 11.8 Å². The van der Waals surface area contributed by atoms with Gasteiger partial charge in [-0.2, -0.15) is 0 Å². The van der Waals surface area contributed by atoms with E-state index >= 15 is 0 Å². The second-order valence-corrected chi connectivity index (χ2v) is 56.8. The summed E-state index contributed by atoms with van der Waals surface area (Å²) in [6, 6.07) is 39.5. The first-order valence-electron chi connectivity index (χ1n) is 29.3. The third-order valence-electron chi connectivity index (χ3n) is 16.0. The predicted molar refractivity (Wildman–Crippen MR) is 376 cm³/mol. The van der Waals surface area contributed by atoms with Gasteiger partial charge in [0, 0.05) is 82.8 Å². The average molecular weight is 1720 g/mol. The molecule has 90 heavy (non-hydrogen) atoms. The third kappa shape index (κ3) is 20.1. The van der Waals surface area contributed by atoms with Gasteiger partial charge in [0.15, 0.2) is 6.29 Å². The molecule has 5 N–H and O–H groups in total. The zero-order chi connectivity index (χ0) is 63.2. The van der Waals surface area contributed by atoms with Crippen LogP contribution in [0.5, 0.6) is 0 Å². The molecule has 12 rings (SSSR count). The normalized spacial score (nSPS) is 16.7. The molecule has 0 bridgehead atoms. The number of amides is 4. The van der Waals surface area contributed by atoms with Crippen molar-refractivity contribution in [1.29, 1.82) is 0 Å². The summed E-state index contributed by atoms with van der Waals surface area (Å²) in [5.74, 6) is 0.289. The first-order valence-corrected chi connectivity index (χ1v) is 45.0. The van der Waals surface area contributed by atoms with Crippen LogP contribution in [0.2, 0.25) is 0 Å². The number of ether oxygens (including phenoxy) is 3. The van der Waals surface area contributed by atoms with Gasteiger partial charge in [0.2, 0.25) is 0 Å². The third-order valence-corrected chi connectivity index (χ3v) is 16.0. The first-order chi connectivity index (χ1) is 43.2. The molecule has 0 spiro atoms. The van der Waals surface area contributed by atoms with E-state index in [1.807, 2.05) is 83.8 Å². The maximum atomic E-state index is 12.4. The van der Waals surface area contributed by atoms with E-state index in [9.17, 15) is 28.8 Å². The van der Waals surface area contributed by atoms with Crippen LogP contribution in [0.4, 0.5) is 21.2 Å². The second-order valence-electron chi connectivity index (χ2n) is 21.4. The molecule has 0 radical (unpaired) electrons. The van der Waals surface area contributed by atoms with Gasteiger partial charge in [-0.3, -0.25) is 19.2 Å². The van der Waals surface area contributed by atoms with Crippen LogP contribution in [0.1, 0.15) is 120 Å². The Bertz CT molecular complexity index is 3220. The van der Waals surface area contributed by atoms with Crippen molar-refractivity contribution in [1.82, 2.24) is 25.8 Å². The van der Waals surface area contributed by atoms with Gasteiger partial charge in [0.1, 0.15) is 24.8 Å². The number of nitrogens with zero attached hydrogens (tertiary/aromatic N) is 5. The average Bonchev–Trinajstić information content (AvgIpc) is 1.66. The first kappa shape index (κ1) is 72.2. The number of hydrogen-bond acceptors (Lipinski definition) is 16. The molecule has 4 saturated heterocycles. The van der Waals surface area contributed by atoms with Crippen molar-refractivity contribution in [2.45, 2.75) is 83.3 Å². The van der Waals surface area contributed by atoms with E-state index in [0.717, 1.165) is 112 Å². The molecule has 4 amide bonds. The van der Waals surface area contributed by atoms with E-state index < -0.39 is 23.9 Å². The van der Waals surface area contributed by atoms with Crippen LogP contribution in [0.3, 0.4) is 0 Å². The van der Waals surface area contributed by atoms with Crippen LogP contribution < -0.4 is 26.3 Å². The van der Waals surface area contributed by atoms with Crippen molar-refractivity contribution in [3.8, 4) is 22.3 Å². The summed E-state index contributed by atoms with van der Waals surface area (Å²) < 4.78 is 16.2. The number of hydroxylamine groups is 3. The molecule has 4 aliphatic heterocycles. The van der Waals surface area contributed by atoms with Gasteiger partial charge < -0.3 is 40.2 Å². The number of alkyl halides is 1. The number of pyridine rings is 2. The number of benzene rings is 4. The number of piperidine rings is 2. The molecule has 6 aromatic rings. The van der Waals surface area contributed by atoms with E-state index in [0.29, 0.717) is 42.2 Å². The molecule has 2 aromatic heterocycles. The number of fused-ring (bicyclic) bond motifs is 6. The monoisotopic (exact) mass is 1720 g/mol. The van der Waals surface area contributed by atoms with Crippen molar-refractivity contribution in [3.63, 3.8) is 0 Å². The number of imide groups is 1. The Balaban J connectivity index is 0.000000186. The number of aromatic carboxylic acids is 1. The Morgan fingerprint density at radius 1 is 0.633 bits per heavy atom. The standard InChI is InChI=1S/C27H27N3O4.C19H15NO5.C17H26N4O3.CH3I.CH4.3HI.V/c31-26(32)19-9-10-25(28-16-19)30-13-11-18(12-14-30)15-29-27(33)34-17-24-22-7-3-1-5-20(22)21-6-2-4-8-23(21)24;21-17-9-10-18(22)20(17)25-19(23)24-11-16-14-7-3-1-5-12(14)13-6-2-4-8-15(13)16;18-11-13-6-8-21(9-7-13)15-5-4-14(12-19-15)17(22)20-24-16-3-1-2-10-23-16;1-2;;;;;/h1-10,16,18,24H,11-15,17H2,(H,29,33)(H,31,32);1-8,16H,9-11H2;4-5,12-13,16H,1-3,6-11,18H2,(H,20,22);1H3;1H4;3*1H;/q;;;;;;;;+3/p-3. The van der Waals surface area contributed by atoms with Crippen LogP contribution >= 0.6 is 82.5 Å². The molecule has 25 heteroatoms. The zero-order valence-corrected chi connectivity index (χ0v) is 59.1. The number of carboxylic acid groups (broad SMARTS) is 1. The fourth-order valence-corrected chi connectivity index (χ4v) is 11.4. The second kappa shape index (κ2) is 36.9. The van der Waals surface area contributed by atoms with Crippen LogP contribution in [0.15, 0.2) is 134 Å². The fourth-order valence-electron chi connectivity index (χ4n) is 11.4. The maximum absolute atomic E-state index is 12.4. The Hall–Kier alpha value is -5.22. The molecule has 2 aliphatic carbocycles. The van der Waals surface area contributed by atoms with E-state index in [1.54, 1.807) is 24.4 Å². The molecule has 6 aliphatic rings. The Morgan fingerprint density at radius 2 is 1.08 bits per heavy atom. The summed E-state index contributed by atoms with van der Waals surface area (Å²) in [5.41, 5.74) is 18.0. The number of nitrogens with two attached hydrogens (primary N) is 1. The van der Waals surface area contributed by atoms with E-state index in [2.05, 4.69) is 137 Å². The zero-order valence-electron chi connectivity index (χ0n) is 49.0. The van der Waals surface area contributed by atoms with Crippen molar-refractivity contribution in [2.24, 2.45) is 17.6 Å². The number of aromatic nitrogens is 2. The van der Waals surface area contributed by atoms with Gasteiger partial charge in [-0.05, 0) is 131 Å². The van der Waals surface area contributed by atoms with Gasteiger partial charge >= 0.3 is 83.1 Å². The van der Waals surface area contributed by atoms with Crippen molar-refractivity contribution < 1.29 is 62.7 Å². The molecule has 0 saturated carbocycles. The van der Waals surface area contributed by atoms with Gasteiger partial charge in [-0.25, -0.2) is 34.7 Å². The Kier molecular flexibility index (Phi) is 29.6. The number of anilines is 2. The molecule has 1 unspecified atom stereocenters. The molecule has 6 heterocycles. The van der Waals surface area contributed by atoms with Crippen molar-refractivity contribution >= 4 is 130 Å². The molecule has 480 valence electrons. The summed E-state index contributed by atoms with van der Waals surface area (Å²) in [6.45, 7) is 5.95. The number of hydrogen-bond donors (Lipinski definition) is 4. The van der Waals surface area contributed by atoms with E-state index in [1.165, 1.54) is 28.5 Å². The van der Waals surface area contributed by atoms with Crippen molar-refractivity contribution in [2.75, 3.05) is 73.8 Å². The summed E-state index contributed by atoms with van der Waals surface area (Å²) >= 11 is 9.54. The van der Waals surface area contributed by atoms with Gasteiger partial charge in [-0.1, -0.05) is 132 Å². The minimum absolute atomic E-state index is 0. The molecule has 1 atom stereocenters. The van der Waals surface area contributed by atoms with Gasteiger partial charge in [0.25, 0.3) is 17.7 Å². The number of carbonyl (C=O) groups excluding carboxylic acids is 5. The van der Waals surface area contributed by atoms with E-state index in [4.69, 9.17) is 34.7 Å². The molecule has 4 fully saturated rings. The number of halogens is 4. The summed E-state index contributed by atoms with van der Waals surface area (Å²) in [7, 11) is 0. The summed E-state index contributed by atoms with van der Waals surface area (Å²) in [6.07, 6.45) is 8.23. The topological polar surface area (TPSA) is 254 Å². The van der Waals surface area contributed by atoms with Gasteiger partial charge in [0.05, 0.1) is 11.1 Å². The Labute approximate surface area is 576 Å². The number of rotatable bonds is 14. The molecular weight excluding hydrogens is 1640 g/mol. The van der Waals surface area contributed by atoms with Crippen LogP contribution in [-0.4, -0.2) is 126 Å². The fraction of sp³-hybridized carbons (Fsp3) is 0.385. The number of carbonyl (C=O) groups is 6. The van der Waals surface area contributed by atoms with Crippen molar-refractivity contribution in [3.05, 3.63) is 167 Å². The SMILES string of the molecule is C.CI.NCC1CCN(c2ccc(C(=O)NOC3CCCCO3)cn2)CC1.O=C(NCC1CCN(c2ccc(C(=O)O)cn2)CC1)OCC1c2ccccc2-c2ccccc21.O=C(OCC1c2ccccc2-c2ccccc21)ON1C(=O)CCC1=O.[I][V]([I])[I]. The molecule has 4 aromatic carbocycles. The minimum atomic E-state index is -1.05. The summed E-state index contributed by atoms with van der Waals surface area (Å²) in [5, 5.41) is 12.4. The number of alkyl carbamates (subject to hydrolysis) is 1. The van der Waals surface area contributed by atoms with Gasteiger partial charge in [-0.15, -0.1) is 0 Å². The quantitative estimate of drug-likeness (QED) is 0.0260. The summed E-state index contributed by atoms with van der Waals surface area (Å²) in [4.78, 5) is 95.2. The van der Waals surface area contributed by atoms with Crippen LogP contribution in [0.25, 0.3) is 22.3 Å². The van der Waals surface area contributed by atoms with Crippen LogP contribution in [-0.2, 0) is 38.4 Å². The number of carboxylic acids is 1. The van der Waals surface area contributed by atoms with E-state index in [-0.39, 0.29) is 67.5 Å². The molecule has 20 nitrogen and oxygen atoms in total.